The van der Waals surface area contributed by atoms with Gasteiger partial charge in [-0.05, 0) is 47.9 Å². The molecule has 1 aromatic heterocycles. The molecule has 1 saturated heterocycles. The van der Waals surface area contributed by atoms with E-state index in [4.69, 9.17) is 33.1 Å². The number of hydrogen-bond donors (Lipinski definition) is 4. The molecule has 0 aliphatic carbocycles. The van der Waals surface area contributed by atoms with Crippen LogP contribution >= 0.6 is 23.2 Å². The van der Waals surface area contributed by atoms with Crippen LogP contribution in [0, 0.1) is 0 Å². The van der Waals surface area contributed by atoms with E-state index in [0.717, 1.165) is 5.52 Å². The van der Waals surface area contributed by atoms with E-state index in [0.29, 0.717) is 27.5 Å². The number of halogens is 5. The van der Waals surface area contributed by atoms with Gasteiger partial charge in [0.1, 0.15) is 16.0 Å². The Morgan fingerprint density at radius 2 is 1.73 bits per heavy atom. The van der Waals surface area contributed by atoms with Gasteiger partial charge in [-0.3, -0.25) is 9.52 Å². The van der Waals surface area contributed by atoms with Crippen LogP contribution < -0.4 is 9.44 Å². The number of alkyl halides is 3. The minimum absolute atomic E-state index is 0.0198. The number of carbonyl (C=O) groups is 2. The number of carboxylic acids is 1. The number of aromatic amines is 1. The molecule has 1 aliphatic rings. The average molecular weight is 694 g/mol. The number of aliphatic carboxylic acids is 1. The summed E-state index contributed by atoms with van der Waals surface area (Å²) in [5.74, 6) is -2.91. The summed E-state index contributed by atoms with van der Waals surface area (Å²) in [5.41, 5.74) is 2.60. The number of carbonyl (C=O) groups excluding carboxylic acids is 1. The van der Waals surface area contributed by atoms with E-state index in [2.05, 4.69) is 14.7 Å². The van der Waals surface area contributed by atoms with Gasteiger partial charge in [0.25, 0.3) is 0 Å². The maximum Gasteiger partial charge on any atom is 0.490 e. The van der Waals surface area contributed by atoms with Crippen LogP contribution in [0.3, 0.4) is 0 Å². The fourth-order valence-corrected chi connectivity index (χ4v) is 7.63. The van der Waals surface area contributed by atoms with Crippen LogP contribution in [0.2, 0.25) is 10.0 Å². The van der Waals surface area contributed by atoms with E-state index in [9.17, 15) is 34.8 Å². The Morgan fingerprint density at radius 1 is 1.09 bits per heavy atom. The Balaban J connectivity index is 0.000000566. The SMILES string of the molecule is O=C(O)C(F)(F)F.O=C1CC(c2ccc(C[C@H](NS(=O)(=O)c3ccc(Cl)cc3Cl)c3nc4ccccc4[nH]3)cc2)S(=O)(=O)N1. The highest BCUT2D eigenvalue weighted by atomic mass is 35.5. The van der Waals surface area contributed by atoms with Crippen molar-refractivity contribution in [2.45, 2.75) is 35.2 Å². The molecule has 44 heavy (non-hydrogen) atoms. The van der Waals surface area contributed by atoms with Crippen LogP contribution in [0.5, 0.6) is 0 Å². The normalized spacial score (nSPS) is 17.0. The van der Waals surface area contributed by atoms with Gasteiger partial charge in [-0.25, -0.2) is 31.3 Å². The average Bonchev–Trinajstić information content (AvgIpc) is 3.47. The number of aromatic nitrogens is 2. The molecule has 1 fully saturated rings. The minimum atomic E-state index is -5.08. The highest BCUT2D eigenvalue weighted by molar-refractivity contribution is 7.90. The number of rotatable bonds is 7. The van der Waals surface area contributed by atoms with Gasteiger partial charge in [0.15, 0.2) is 0 Å². The molecular formula is C26H21Cl2F3N4O7S2. The molecule has 18 heteroatoms. The molecule has 1 unspecified atom stereocenters. The molecule has 0 radical (unpaired) electrons. The van der Waals surface area contributed by atoms with Crippen LogP contribution in [0.15, 0.2) is 71.6 Å². The second-order valence-corrected chi connectivity index (χ2v) is 13.8. The van der Waals surface area contributed by atoms with Crippen LogP contribution in [-0.4, -0.2) is 50.0 Å². The summed E-state index contributed by atoms with van der Waals surface area (Å²) in [4.78, 5) is 28.1. The summed E-state index contributed by atoms with van der Waals surface area (Å²) in [5, 5.41) is 6.44. The van der Waals surface area contributed by atoms with Crippen molar-refractivity contribution in [1.82, 2.24) is 19.4 Å². The van der Waals surface area contributed by atoms with Crippen LogP contribution in [0.1, 0.15) is 34.7 Å². The summed E-state index contributed by atoms with van der Waals surface area (Å²) in [6.07, 6.45) is -5.04. The number of sulfonamides is 2. The molecule has 1 amide bonds. The molecular weight excluding hydrogens is 672 g/mol. The standard InChI is InChI=1S/C24H20Cl2N4O5S2.C2HF3O2/c25-16-9-10-21(17(26)12-16)36(32,33)29-20(24-27-18-3-1-2-4-19(18)28-24)11-14-5-7-15(8-6-14)22-13-23(31)30-37(22,34)35;3-2(4,5)1(6)7/h1-10,12,20,22,29H,11,13H2,(H,27,28)(H,30,31);(H,6,7)/t20-,22?;/m0./s1. The molecule has 5 rings (SSSR count). The van der Waals surface area contributed by atoms with Crippen molar-refractivity contribution in [3.63, 3.8) is 0 Å². The molecule has 0 spiro atoms. The van der Waals surface area contributed by atoms with Gasteiger partial charge < -0.3 is 10.1 Å². The zero-order valence-electron chi connectivity index (χ0n) is 22.0. The maximum absolute atomic E-state index is 13.3. The third kappa shape index (κ3) is 7.87. The number of nitrogens with zero attached hydrogens (tertiary/aromatic N) is 1. The van der Waals surface area contributed by atoms with Crippen molar-refractivity contribution in [2.75, 3.05) is 0 Å². The molecule has 2 atom stereocenters. The lowest BCUT2D eigenvalue weighted by molar-refractivity contribution is -0.192. The van der Waals surface area contributed by atoms with Crippen molar-refractivity contribution in [1.29, 1.82) is 0 Å². The third-order valence-corrected chi connectivity index (χ3v) is 10.1. The van der Waals surface area contributed by atoms with E-state index >= 15 is 0 Å². The fraction of sp³-hybridized carbons (Fsp3) is 0.192. The Morgan fingerprint density at radius 3 is 2.27 bits per heavy atom. The number of para-hydroxylation sites is 2. The van der Waals surface area contributed by atoms with Crippen LogP contribution in [0.25, 0.3) is 11.0 Å². The Labute approximate surface area is 258 Å². The minimum Gasteiger partial charge on any atom is -0.475 e. The highest BCUT2D eigenvalue weighted by Gasteiger charge is 2.39. The second kappa shape index (κ2) is 12.7. The number of imidazole rings is 1. The molecule has 4 aromatic rings. The smallest absolute Gasteiger partial charge is 0.475 e. The first-order valence-corrected chi connectivity index (χ1v) is 16.1. The summed E-state index contributed by atoms with van der Waals surface area (Å²) >= 11 is 12.1. The summed E-state index contributed by atoms with van der Waals surface area (Å²) in [6.45, 7) is 0. The molecule has 0 bridgehead atoms. The Kier molecular flexibility index (Phi) is 9.60. The van der Waals surface area contributed by atoms with Crippen molar-refractivity contribution in [2.24, 2.45) is 0 Å². The van der Waals surface area contributed by atoms with E-state index in [-0.39, 0.29) is 22.8 Å². The first-order valence-electron chi connectivity index (χ1n) is 12.3. The number of nitrogens with one attached hydrogen (secondary N) is 3. The van der Waals surface area contributed by atoms with Gasteiger partial charge in [-0.1, -0.05) is 59.6 Å². The number of hydrogen-bond acceptors (Lipinski definition) is 7. The number of benzene rings is 3. The molecule has 1 aliphatic heterocycles. The zero-order valence-corrected chi connectivity index (χ0v) is 25.1. The second-order valence-electron chi connectivity index (χ2n) is 9.40. The van der Waals surface area contributed by atoms with Crippen molar-refractivity contribution in [3.8, 4) is 0 Å². The largest absolute Gasteiger partial charge is 0.490 e. The molecule has 4 N–H and O–H groups in total. The topological polar surface area (TPSA) is 175 Å². The number of amides is 1. The monoisotopic (exact) mass is 692 g/mol. The number of H-pyrrole nitrogens is 1. The maximum atomic E-state index is 13.3. The van der Waals surface area contributed by atoms with Gasteiger partial charge in [-0.2, -0.15) is 13.2 Å². The first-order chi connectivity index (χ1) is 20.5. The number of carboxylic acid groups (broad SMARTS) is 1. The Hall–Kier alpha value is -3.70. The predicted molar refractivity (Wildman–Crippen MR) is 154 cm³/mol. The van der Waals surface area contributed by atoms with E-state index in [1.165, 1.54) is 18.2 Å². The van der Waals surface area contributed by atoms with Gasteiger partial charge in [0.2, 0.25) is 26.0 Å². The van der Waals surface area contributed by atoms with Crippen molar-refractivity contribution < 1.29 is 44.7 Å². The third-order valence-electron chi connectivity index (χ3n) is 6.25. The molecule has 2 heterocycles. The summed E-state index contributed by atoms with van der Waals surface area (Å²) < 4.78 is 87.4. The Bertz CT molecular complexity index is 1900. The first kappa shape index (κ1) is 33.2. The lowest BCUT2D eigenvalue weighted by atomic mass is 10.0. The fourth-order valence-electron chi connectivity index (χ4n) is 4.23. The summed E-state index contributed by atoms with van der Waals surface area (Å²) in [7, 11) is -7.85. The molecule has 3 aromatic carbocycles. The van der Waals surface area contributed by atoms with Gasteiger partial charge in [0, 0.05) is 5.02 Å². The highest BCUT2D eigenvalue weighted by Crippen LogP contribution is 2.31. The van der Waals surface area contributed by atoms with Crippen molar-refractivity contribution >= 4 is 66.2 Å². The zero-order chi connectivity index (χ0) is 32.4. The molecule has 234 valence electrons. The van der Waals surface area contributed by atoms with E-state index in [1.807, 2.05) is 29.0 Å². The van der Waals surface area contributed by atoms with Crippen LogP contribution in [0.4, 0.5) is 13.2 Å². The predicted octanol–water partition coefficient (Wildman–Crippen LogP) is 4.66. The lowest BCUT2D eigenvalue weighted by Gasteiger charge is -2.18. The van der Waals surface area contributed by atoms with Crippen LogP contribution in [-0.2, 0) is 36.1 Å². The van der Waals surface area contributed by atoms with Gasteiger partial charge >= 0.3 is 12.1 Å². The van der Waals surface area contributed by atoms with Gasteiger partial charge in [0.05, 0.1) is 28.5 Å². The van der Waals surface area contributed by atoms with Crippen molar-refractivity contribution in [3.05, 3.63) is 93.7 Å². The van der Waals surface area contributed by atoms with Gasteiger partial charge in [-0.15, -0.1) is 0 Å². The number of fused-ring (bicyclic) bond motifs is 1. The lowest BCUT2D eigenvalue weighted by Crippen LogP contribution is -2.31. The van der Waals surface area contributed by atoms with E-state index < -0.39 is 49.4 Å². The van der Waals surface area contributed by atoms with E-state index in [1.54, 1.807) is 24.3 Å². The summed E-state index contributed by atoms with van der Waals surface area (Å²) in [6, 6.07) is 17.3. The molecule has 0 saturated carbocycles. The molecule has 11 nitrogen and oxygen atoms in total. The quantitative estimate of drug-likeness (QED) is 0.216.